The lowest BCUT2D eigenvalue weighted by Gasteiger charge is -2.22. The van der Waals surface area contributed by atoms with Crippen LogP contribution in [0.3, 0.4) is 0 Å². The molecule has 1 heterocycles. The highest BCUT2D eigenvalue weighted by Crippen LogP contribution is 2.11. The van der Waals surface area contributed by atoms with Crippen LogP contribution in [0, 0.1) is 0 Å². The molecule has 1 unspecified atom stereocenters. The van der Waals surface area contributed by atoms with Crippen molar-refractivity contribution in [2.45, 2.75) is 38.4 Å². The zero-order valence-electron chi connectivity index (χ0n) is 11.9. The van der Waals surface area contributed by atoms with E-state index >= 15 is 0 Å². The van der Waals surface area contributed by atoms with Gasteiger partial charge >= 0.3 is 0 Å². The fourth-order valence-corrected chi connectivity index (χ4v) is 2.72. The van der Waals surface area contributed by atoms with E-state index in [0.29, 0.717) is 5.75 Å². The molecule has 0 spiro atoms. The summed E-state index contributed by atoms with van der Waals surface area (Å²) in [6, 6.07) is 0. The molecule has 0 aromatic heterocycles. The maximum atomic E-state index is 11.9. The molecule has 1 aliphatic rings. The van der Waals surface area contributed by atoms with Crippen LogP contribution in [0.1, 0.15) is 33.6 Å². The van der Waals surface area contributed by atoms with Crippen LogP contribution in [0.25, 0.3) is 0 Å². The summed E-state index contributed by atoms with van der Waals surface area (Å²) in [5.74, 6) is 1.63. The van der Waals surface area contributed by atoms with E-state index in [4.69, 9.17) is 0 Å². The number of guanidine groups is 1. The summed E-state index contributed by atoms with van der Waals surface area (Å²) >= 11 is 0. The molecule has 1 aliphatic heterocycles. The Morgan fingerprint density at radius 2 is 1.89 bits per heavy atom. The van der Waals surface area contributed by atoms with Crippen LogP contribution in [0.4, 0.5) is 0 Å². The summed E-state index contributed by atoms with van der Waals surface area (Å²) in [6.45, 7) is 8.94. The lowest BCUT2D eigenvalue weighted by molar-refractivity contribution is 0.496. The molecule has 1 fully saturated rings. The van der Waals surface area contributed by atoms with E-state index in [0.717, 1.165) is 25.6 Å². The predicted molar refractivity (Wildman–Crippen MR) is 90.3 cm³/mol. The molecule has 1 N–H and O–H groups in total. The molecule has 6 heteroatoms. The quantitative estimate of drug-likeness (QED) is 0.457. The van der Waals surface area contributed by atoms with Gasteiger partial charge in [0.15, 0.2) is 5.96 Å². The summed E-state index contributed by atoms with van der Waals surface area (Å²) in [5.41, 5.74) is 0. The molecular weight excluding hydrogens is 361 g/mol. The van der Waals surface area contributed by atoms with Gasteiger partial charge in [0, 0.05) is 48.0 Å². The second kappa shape index (κ2) is 8.35. The van der Waals surface area contributed by atoms with Crippen LogP contribution in [0.15, 0.2) is 4.99 Å². The lowest BCUT2D eigenvalue weighted by Crippen LogP contribution is -2.42. The van der Waals surface area contributed by atoms with Gasteiger partial charge in [-0.25, -0.2) is 0 Å². The Labute approximate surface area is 130 Å². The molecule has 1 atom stereocenters. The molecular formula is C12H26IN3OS. The van der Waals surface area contributed by atoms with Crippen molar-refractivity contribution in [1.29, 1.82) is 0 Å². The van der Waals surface area contributed by atoms with E-state index in [-0.39, 0.29) is 28.7 Å². The molecule has 0 aromatic carbocycles. The molecule has 4 nitrogen and oxygen atoms in total. The first-order chi connectivity index (χ1) is 7.95. The number of hydrogen-bond acceptors (Lipinski definition) is 2. The number of aliphatic imine (C=N–C) groups is 1. The first-order valence-electron chi connectivity index (χ1n) is 6.29. The average Bonchev–Trinajstić information content (AvgIpc) is 2.76. The largest absolute Gasteiger partial charge is 0.355 e. The maximum Gasteiger partial charge on any atom is 0.193 e. The van der Waals surface area contributed by atoms with Crippen LogP contribution in [0.2, 0.25) is 0 Å². The van der Waals surface area contributed by atoms with Crippen LogP contribution in [-0.2, 0) is 10.8 Å². The second-order valence-electron chi connectivity index (χ2n) is 5.33. The highest BCUT2D eigenvalue weighted by molar-refractivity contribution is 14.0. The van der Waals surface area contributed by atoms with Gasteiger partial charge in [-0.3, -0.25) is 9.20 Å². The summed E-state index contributed by atoms with van der Waals surface area (Å²) in [4.78, 5) is 6.53. The Morgan fingerprint density at radius 1 is 1.33 bits per heavy atom. The van der Waals surface area contributed by atoms with E-state index in [1.807, 2.05) is 20.8 Å². The van der Waals surface area contributed by atoms with E-state index in [2.05, 4.69) is 15.2 Å². The van der Waals surface area contributed by atoms with Crippen molar-refractivity contribution in [3.8, 4) is 0 Å². The van der Waals surface area contributed by atoms with E-state index in [9.17, 15) is 4.21 Å². The fourth-order valence-electron chi connectivity index (χ4n) is 1.82. The van der Waals surface area contributed by atoms with Gasteiger partial charge in [-0.1, -0.05) is 0 Å². The van der Waals surface area contributed by atoms with Gasteiger partial charge < -0.3 is 10.2 Å². The zero-order chi connectivity index (χ0) is 12.9. The third-order valence-corrected chi connectivity index (χ3v) is 4.81. The van der Waals surface area contributed by atoms with Gasteiger partial charge in [-0.15, -0.1) is 24.0 Å². The number of hydrogen-bond donors (Lipinski definition) is 1. The first-order valence-corrected chi connectivity index (χ1v) is 7.61. The number of likely N-dealkylation sites (tertiary alicyclic amines) is 1. The molecule has 108 valence electrons. The van der Waals surface area contributed by atoms with Gasteiger partial charge in [0.1, 0.15) is 0 Å². The Morgan fingerprint density at radius 3 is 2.33 bits per heavy atom. The predicted octanol–water partition coefficient (Wildman–Crippen LogP) is 1.82. The minimum Gasteiger partial charge on any atom is -0.355 e. The summed E-state index contributed by atoms with van der Waals surface area (Å²) in [7, 11) is 1.01. The summed E-state index contributed by atoms with van der Waals surface area (Å²) in [5, 5.41) is 3.30. The topological polar surface area (TPSA) is 44.7 Å². The molecule has 0 radical (unpaired) electrons. The summed E-state index contributed by atoms with van der Waals surface area (Å²) in [6.07, 6.45) is 2.49. The highest BCUT2D eigenvalue weighted by Gasteiger charge is 2.20. The van der Waals surface area contributed by atoms with Crippen molar-refractivity contribution in [3.63, 3.8) is 0 Å². The Hall–Kier alpha value is 0.150. The van der Waals surface area contributed by atoms with Crippen molar-refractivity contribution in [1.82, 2.24) is 10.2 Å². The smallest absolute Gasteiger partial charge is 0.193 e. The van der Waals surface area contributed by atoms with Crippen LogP contribution < -0.4 is 5.32 Å². The Balaban J connectivity index is 0.00000289. The van der Waals surface area contributed by atoms with Crippen LogP contribution in [-0.4, -0.2) is 52.3 Å². The summed E-state index contributed by atoms with van der Waals surface area (Å²) < 4.78 is 11.7. The van der Waals surface area contributed by atoms with Gasteiger partial charge in [0.05, 0.1) is 0 Å². The average molecular weight is 387 g/mol. The second-order valence-corrected chi connectivity index (χ2v) is 7.65. The lowest BCUT2D eigenvalue weighted by atomic mass is 10.3. The van der Waals surface area contributed by atoms with E-state index in [1.165, 1.54) is 12.8 Å². The number of nitrogens with one attached hydrogen (secondary N) is 1. The molecule has 0 aliphatic carbocycles. The molecule has 1 saturated heterocycles. The van der Waals surface area contributed by atoms with Crippen LogP contribution in [0.5, 0.6) is 0 Å². The third-order valence-electron chi connectivity index (χ3n) is 2.87. The minimum atomic E-state index is -0.793. The fraction of sp³-hybridized carbons (Fsp3) is 0.917. The van der Waals surface area contributed by atoms with Gasteiger partial charge in [0.25, 0.3) is 0 Å². The number of nitrogens with zero attached hydrogens (tertiary/aromatic N) is 2. The normalized spacial score (nSPS) is 18.4. The molecule has 1 rings (SSSR count). The first kappa shape index (κ1) is 18.1. The van der Waals surface area contributed by atoms with Crippen molar-refractivity contribution in [2.75, 3.05) is 32.4 Å². The zero-order valence-corrected chi connectivity index (χ0v) is 15.0. The molecule has 0 aromatic rings. The van der Waals surface area contributed by atoms with Crippen LogP contribution >= 0.6 is 24.0 Å². The van der Waals surface area contributed by atoms with Gasteiger partial charge in [-0.05, 0) is 33.6 Å². The third kappa shape index (κ3) is 5.86. The van der Waals surface area contributed by atoms with Crippen molar-refractivity contribution < 1.29 is 4.21 Å². The molecule has 0 amide bonds. The minimum absolute atomic E-state index is 0. The molecule has 0 bridgehead atoms. The van der Waals surface area contributed by atoms with E-state index in [1.54, 1.807) is 7.05 Å². The number of halogens is 1. The monoisotopic (exact) mass is 387 g/mol. The maximum absolute atomic E-state index is 11.9. The number of rotatable bonds is 3. The van der Waals surface area contributed by atoms with E-state index < -0.39 is 10.8 Å². The van der Waals surface area contributed by atoms with Gasteiger partial charge in [0.2, 0.25) is 0 Å². The molecule has 0 saturated carbocycles. The molecule has 18 heavy (non-hydrogen) atoms. The van der Waals surface area contributed by atoms with Crippen molar-refractivity contribution in [3.05, 3.63) is 0 Å². The standard InChI is InChI=1S/C12H25N3OS.HI/c1-12(2,3)17(16)10-7-14-11(13-4)15-8-5-6-9-15;/h5-10H2,1-4H3,(H,13,14);1H. The highest BCUT2D eigenvalue weighted by atomic mass is 127. The van der Waals surface area contributed by atoms with Crippen molar-refractivity contribution in [2.24, 2.45) is 4.99 Å². The Bertz CT molecular complexity index is 296. The van der Waals surface area contributed by atoms with Crippen molar-refractivity contribution >= 4 is 40.7 Å². The SMILES string of the molecule is CN=C(NCCS(=O)C(C)(C)C)N1CCCC1.I. The van der Waals surface area contributed by atoms with Gasteiger partial charge in [-0.2, -0.15) is 0 Å². The Kier molecular flexibility index (Phi) is 8.42.